The smallest absolute Gasteiger partial charge is 0.196 e. The molecular formula is C33H24N2O5. The van der Waals surface area contributed by atoms with Gasteiger partial charge in [0.2, 0.25) is 0 Å². The van der Waals surface area contributed by atoms with Crippen molar-refractivity contribution >= 4 is 40.3 Å². The van der Waals surface area contributed by atoms with Crippen molar-refractivity contribution in [3.8, 4) is 0 Å². The summed E-state index contributed by atoms with van der Waals surface area (Å²) in [5.41, 5.74) is 4.91. The molecule has 0 saturated heterocycles. The molecule has 2 aliphatic rings. The second-order valence-corrected chi connectivity index (χ2v) is 10.0. The molecule has 40 heavy (non-hydrogen) atoms. The first-order valence-corrected chi connectivity index (χ1v) is 12.9. The van der Waals surface area contributed by atoms with Gasteiger partial charge in [0, 0.05) is 44.8 Å². The number of aryl methyl sites for hydroxylation is 2. The van der Waals surface area contributed by atoms with Gasteiger partial charge in [-0.25, -0.2) is 0 Å². The van der Waals surface area contributed by atoms with Crippen LogP contribution in [0.15, 0.2) is 72.8 Å². The molecule has 0 fully saturated rings. The lowest BCUT2D eigenvalue weighted by molar-refractivity contribution is -0.115. The van der Waals surface area contributed by atoms with Crippen LogP contribution in [0.3, 0.4) is 0 Å². The normalized spacial score (nSPS) is 13.2. The van der Waals surface area contributed by atoms with Crippen LogP contribution in [0.4, 0.5) is 11.4 Å². The first-order valence-electron chi connectivity index (χ1n) is 12.9. The van der Waals surface area contributed by atoms with Gasteiger partial charge in [0.05, 0.1) is 24.2 Å². The van der Waals surface area contributed by atoms with Crippen molar-refractivity contribution in [3.05, 3.63) is 128 Å². The molecule has 4 aromatic rings. The molecule has 0 radical (unpaired) electrons. The van der Waals surface area contributed by atoms with Crippen molar-refractivity contribution in [1.82, 2.24) is 0 Å². The quantitative estimate of drug-likeness (QED) is 0.315. The highest BCUT2D eigenvalue weighted by Crippen LogP contribution is 2.35. The number of carbonyl (C=O) groups excluding carboxylic acids is 5. The SMILES string of the molecule is Cc1ccc2c(c1NCC(=O)CNc1c(C)ccc3c1C(=O)c1ccccc1C3=O)C(=O)c1ccccc1C2=O. The summed E-state index contributed by atoms with van der Waals surface area (Å²) in [6.45, 7) is 3.39. The second-order valence-electron chi connectivity index (χ2n) is 10.0. The fourth-order valence-corrected chi connectivity index (χ4v) is 5.47. The van der Waals surface area contributed by atoms with E-state index in [1.165, 1.54) is 0 Å². The number of nitrogens with one attached hydrogen (secondary N) is 2. The van der Waals surface area contributed by atoms with Crippen molar-refractivity contribution in [2.75, 3.05) is 23.7 Å². The maximum Gasteiger partial charge on any atom is 0.196 e. The highest BCUT2D eigenvalue weighted by Gasteiger charge is 2.33. The van der Waals surface area contributed by atoms with Crippen molar-refractivity contribution in [3.63, 3.8) is 0 Å². The van der Waals surface area contributed by atoms with Crippen LogP contribution in [0.25, 0.3) is 0 Å². The molecule has 196 valence electrons. The average Bonchev–Trinajstić information content (AvgIpc) is 2.97. The summed E-state index contributed by atoms with van der Waals surface area (Å²) in [4.78, 5) is 65.9. The molecule has 4 aromatic carbocycles. The average molecular weight is 529 g/mol. The van der Waals surface area contributed by atoms with Gasteiger partial charge < -0.3 is 10.6 Å². The minimum absolute atomic E-state index is 0.114. The van der Waals surface area contributed by atoms with Crippen LogP contribution in [0, 0.1) is 13.8 Å². The lowest BCUT2D eigenvalue weighted by atomic mass is 9.82. The molecule has 0 heterocycles. The van der Waals surface area contributed by atoms with Crippen molar-refractivity contribution in [2.45, 2.75) is 13.8 Å². The zero-order chi connectivity index (χ0) is 28.1. The number of Topliss-reactive ketones (excluding diaryl/α,β-unsaturated/α-hetero) is 1. The number of rotatable bonds is 6. The summed E-state index contributed by atoms with van der Waals surface area (Å²) < 4.78 is 0. The third-order valence-corrected chi connectivity index (χ3v) is 7.53. The minimum Gasteiger partial charge on any atom is -0.377 e. The Labute approximate surface area is 230 Å². The summed E-state index contributed by atoms with van der Waals surface area (Å²) in [7, 11) is 0. The molecule has 2 N–H and O–H groups in total. The molecule has 0 atom stereocenters. The lowest BCUT2D eigenvalue weighted by Gasteiger charge is -2.23. The molecular weight excluding hydrogens is 504 g/mol. The molecule has 2 aliphatic carbocycles. The molecule has 0 unspecified atom stereocenters. The Morgan fingerprint density at radius 3 is 1.23 bits per heavy atom. The molecule has 0 spiro atoms. The Bertz CT molecular complexity index is 1690. The molecule has 0 aliphatic heterocycles. The molecule has 0 saturated carbocycles. The largest absolute Gasteiger partial charge is 0.377 e. The van der Waals surface area contributed by atoms with Gasteiger partial charge >= 0.3 is 0 Å². The first kappa shape index (κ1) is 25.1. The van der Waals surface area contributed by atoms with Crippen LogP contribution in [-0.2, 0) is 4.79 Å². The Balaban J connectivity index is 1.23. The maximum absolute atomic E-state index is 13.4. The Morgan fingerprint density at radius 1 is 0.500 bits per heavy atom. The standard InChI is InChI=1S/C33H24N2O5/c1-17-11-13-24-26(32(39)22-9-5-3-7-20(22)30(24)37)28(17)34-15-19(36)16-35-29-18(2)12-14-25-27(29)33(40)23-10-6-4-8-21(23)31(25)38/h3-14,34-35H,15-16H2,1-2H3. The predicted molar refractivity (Wildman–Crippen MR) is 151 cm³/mol. The number of ketones is 5. The van der Waals surface area contributed by atoms with Gasteiger partial charge in [-0.3, -0.25) is 24.0 Å². The molecule has 7 nitrogen and oxygen atoms in total. The number of anilines is 2. The van der Waals surface area contributed by atoms with Gasteiger partial charge in [-0.15, -0.1) is 0 Å². The van der Waals surface area contributed by atoms with Crippen molar-refractivity contribution < 1.29 is 24.0 Å². The number of carbonyl (C=O) groups is 5. The molecule has 6 rings (SSSR count). The minimum atomic E-state index is -0.267. The fraction of sp³-hybridized carbons (Fsp3) is 0.121. The number of hydrogen-bond donors (Lipinski definition) is 2. The van der Waals surface area contributed by atoms with E-state index in [9.17, 15) is 24.0 Å². The summed E-state index contributed by atoms with van der Waals surface area (Å²) in [6, 6.07) is 20.2. The molecule has 0 amide bonds. The van der Waals surface area contributed by atoms with Crippen LogP contribution in [0.1, 0.15) is 74.8 Å². The molecule has 0 aromatic heterocycles. The van der Waals surface area contributed by atoms with Crippen LogP contribution in [-0.4, -0.2) is 42.0 Å². The van der Waals surface area contributed by atoms with E-state index in [0.717, 1.165) is 11.1 Å². The van der Waals surface area contributed by atoms with E-state index in [1.807, 2.05) is 13.8 Å². The summed E-state index contributed by atoms with van der Waals surface area (Å²) >= 11 is 0. The van der Waals surface area contributed by atoms with Gasteiger partial charge in [0.15, 0.2) is 28.9 Å². The van der Waals surface area contributed by atoms with Crippen LogP contribution in [0.5, 0.6) is 0 Å². The lowest BCUT2D eigenvalue weighted by Crippen LogP contribution is -2.28. The molecule has 0 bridgehead atoms. The van der Waals surface area contributed by atoms with Gasteiger partial charge in [-0.2, -0.15) is 0 Å². The van der Waals surface area contributed by atoms with E-state index in [0.29, 0.717) is 44.8 Å². The monoisotopic (exact) mass is 528 g/mol. The van der Waals surface area contributed by atoms with E-state index >= 15 is 0 Å². The van der Waals surface area contributed by atoms with Crippen LogP contribution < -0.4 is 10.6 Å². The fourth-order valence-electron chi connectivity index (χ4n) is 5.47. The van der Waals surface area contributed by atoms with E-state index in [4.69, 9.17) is 0 Å². The summed E-state index contributed by atoms with van der Waals surface area (Å²) in [5.74, 6) is -1.23. The van der Waals surface area contributed by atoms with Gasteiger partial charge in [-0.1, -0.05) is 60.7 Å². The van der Waals surface area contributed by atoms with E-state index in [-0.39, 0.29) is 53.1 Å². The highest BCUT2D eigenvalue weighted by atomic mass is 16.1. The zero-order valence-corrected chi connectivity index (χ0v) is 21.9. The van der Waals surface area contributed by atoms with Crippen LogP contribution in [0.2, 0.25) is 0 Å². The van der Waals surface area contributed by atoms with E-state index in [1.54, 1.807) is 72.8 Å². The third kappa shape index (κ3) is 3.86. The Morgan fingerprint density at radius 2 is 0.850 bits per heavy atom. The van der Waals surface area contributed by atoms with Crippen molar-refractivity contribution in [2.24, 2.45) is 0 Å². The first-order chi connectivity index (χ1) is 19.3. The number of benzene rings is 4. The predicted octanol–water partition coefficient (Wildman–Crippen LogP) is 4.95. The Hall–Kier alpha value is -5.17. The van der Waals surface area contributed by atoms with Gasteiger partial charge in [0.25, 0.3) is 0 Å². The zero-order valence-electron chi connectivity index (χ0n) is 21.9. The van der Waals surface area contributed by atoms with Crippen LogP contribution >= 0.6 is 0 Å². The number of hydrogen-bond acceptors (Lipinski definition) is 7. The topological polar surface area (TPSA) is 109 Å². The van der Waals surface area contributed by atoms with Gasteiger partial charge in [-0.05, 0) is 37.1 Å². The van der Waals surface area contributed by atoms with Gasteiger partial charge in [0.1, 0.15) is 0 Å². The summed E-state index contributed by atoms with van der Waals surface area (Å²) in [5, 5.41) is 6.16. The maximum atomic E-state index is 13.4. The summed E-state index contributed by atoms with van der Waals surface area (Å²) in [6.07, 6.45) is 0. The Kier molecular flexibility index (Phi) is 5.99. The third-order valence-electron chi connectivity index (χ3n) is 7.53. The second kappa shape index (κ2) is 9.54. The molecule has 7 heteroatoms. The van der Waals surface area contributed by atoms with Crippen molar-refractivity contribution in [1.29, 1.82) is 0 Å². The highest BCUT2D eigenvalue weighted by molar-refractivity contribution is 6.31. The van der Waals surface area contributed by atoms with E-state index in [2.05, 4.69) is 10.6 Å². The van der Waals surface area contributed by atoms with E-state index < -0.39 is 0 Å². The number of fused-ring (bicyclic) bond motifs is 4.